The van der Waals surface area contributed by atoms with Crippen molar-refractivity contribution in [2.24, 2.45) is 0 Å². The van der Waals surface area contributed by atoms with Crippen LogP contribution in [0, 0.1) is 0 Å². The molecule has 0 aliphatic heterocycles. The molecule has 6 heteroatoms. The molecule has 0 aliphatic carbocycles. The van der Waals surface area contributed by atoms with Gasteiger partial charge in [0.05, 0.1) is 6.54 Å². The van der Waals surface area contributed by atoms with Crippen LogP contribution in [0.25, 0.3) is 0 Å². The Bertz CT molecular complexity index is 946. The number of likely N-dealkylation sites (N-methyl/N-ethyl adjacent to an activating group) is 1. The third-order valence-corrected chi connectivity index (χ3v) is 4.12. The molecule has 0 unspecified atom stereocenters. The Kier molecular flexibility index (Phi) is 6.84. The highest BCUT2D eigenvalue weighted by Gasteiger charge is 2.09. The Morgan fingerprint density at radius 2 is 1.41 bits per heavy atom. The van der Waals surface area contributed by atoms with Crippen LogP contribution in [0.15, 0.2) is 84.9 Å². The summed E-state index contributed by atoms with van der Waals surface area (Å²) in [5.41, 5.74) is 2.28. The molecule has 0 heterocycles. The van der Waals surface area contributed by atoms with E-state index < -0.39 is 0 Å². The van der Waals surface area contributed by atoms with Gasteiger partial charge in [0.2, 0.25) is 5.91 Å². The summed E-state index contributed by atoms with van der Waals surface area (Å²) in [6.07, 6.45) is 0. The van der Waals surface area contributed by atoms with Crippen molar-refractivity contribution in [2.75, 3.05) is 35.7 Å². The lowest BCUT2D eigenvalue weighted by Gasteiger charge is -2.18. The van der Waals surface area contributed by atoms with Crippen molar-refractivity contribution in [3.63, 3.8) is 0 Å². The Hall–Kier alpha value is -3.80. The fraction of sp³-hybridized carbons (Fsp3) is 0.130. The van der Waals surface area contributed by atoms with Gasteiger partial charge in [-0.3, -0.25) is 9.59 Å². The number of hydrogen-bond donors (Lipinski definition) is 2. The summed E-state index contributed by atoms with van der Waals surface area (Å²) in [5, 5.41) is 5.61. The van der Waals surface area contributed by atoms with E-state index in [1.807, 2.05) is 60.5 Å². The summed E-state index contributed by atoms with van der Waals surface area (Å²) in [6, 6.07) is 25.8. The average molecular weight is 389 g/mol. The summed E-state index contributed by atoms with van der Waals surface area (Å²) >= 11 is 0. The van der Waals surface area contributed by atoms with Gasteiger partial charge in [-0.05, 0) is 36.4 Å². The number of nitrogens with zero attached hydrogens (tertiary/aromatic N) is 1. The topological polar surface area (TPSA) is 70.7 Å². The maximum atomic E-state index is 12.3. The maximum absolute atomic E-state index is 12.3. The first kappa shape index (κ1) is 19.9. The maximum Gasteiger partial charge on any atom is 0.262 e. The zero-order valence-corrected chi connectivity index (χ0v) is 16.2. The number of ether oxygens (including phenoxy) is 1. The molecule has 6 nitrogen and oxygen atoms in total. The first-order valence-corrected chi connectivity index (χ1v) is 9.24. The highest BCUT2D eigenvalue weighted by atomic mass is 16.5. The van der Waals surface area contributed by atoms with Gasteiger partial charge in [-0.1, -0.05) is 42.5 Å². The Morgan fingerprint density at radius 3 is 2.14 bits per heavy atom. The van der Waals surface area contributed by atoms with Gasteiger partial charge in [0.15, 0.2) is 6.61 Å². The zero-order chi connectivity index (χ0) is 20.5. The SMILES string of the molecule is CN(CC(=O)Nc1cccc(OCC(=O)Nc2ccccc2)c1)c1ccccc1. The number of carbonyl (C=O) groups is 2. The highest BCUT2D eigenvalue weighted by molar-refractivity contribution is 5.94. The number of nitrogens with one attached hydrogen (secondary N) is 2. The van der Waals surface area contributed by atoms with Crippen LogP contribution >= 0.6 is 0 Å². The summed E-state index contributed by atoms with van der Waals surface area (Å²) < 4.78 is 5.54. The smallest absolute Gasteiger partial charge is 0.262 e. The average Bonchev–Trinajstić information content (AvgIpc) is 2.74. The van der Waals surface area contributed by atoms with E-state index >= 15 is 0 Å². The van der Waals surface area contributed by atoms with E-state index in [0.29, 0.717) is 17.1 Å². The molecule has 0 saturated carbocycles. The van der Waals surface area contributed by atoms with Crippen LogP contribution in [0.4, 0.5) is 17.1 Å². The second kappa shape index (κ2) is 9.94. The molecule has 29 heavy (non-hydrogen) atoms. The predicted molar refractivity (Wildman–Crippen MR) is 115 cm³/mol. The molecule has 3 aromatic carbocycles. The largest absolute Gasteiger partial charge is 0.484 e. The number of benzene rings is 3. The molecular formula is C23H23N3O3. The van der Waals surface area contributed by atoms with Crippen LogP contribution < -0.4 is 20.3 Å². The molecule has 0 spiro atoms. The van der Waals surface area contributed by atoms with Crippen molar-refractivity contribution in [1.29, 1.82) is 0 Å². The lowest BCUT2D eigenvalue weighted by atomic mass is 10.3. The van der Waals surface area contributed by atoms with Crippen molar-refractivity contribution < 1.29 is 14.3 Å². The normalized spacial score (nSPS) is 10.1. The standard InChI is InChI=1S/C23H23N3O3/c1-26(20-12-6-3-7-13-20)16-22(27)25-19-11-8-14-21(15-19)29-17-23(28)24-18-9-4-2-5-10-18/h2-15H,16-17H2,1H3,(H,24,28)(H,25,27). The van der Waals surface area contributed by atoms with Gasteiger partial charge in [0.25, 0.3) is 5.91 Å². The van der Waals surface area contributed by atoms with E-state index in [0.717, 1.165) is 5.69 Å². The summed E-state index contributed by atoms with van der Waals surface area (Å²) in [4.78, 5) is 26.2. The summed E-state index contributed by atoms with van der Waals surface area (Å²) in [7, 11) is 1.86. The Balaban J connectivity index is 1.50. The van der Waals surface area contributed by atoms with Crippen molar-refractivity contribution >= 4 is 28.9 Å². The van der Waals surface area contributed by atoms with Crippen LogP contribution in [0.5, 0.6) is 5.75 Å². The Labute approximate surface area is 170 Å². The second-order valence-electron chi connectivity index (χ2n) is 6.47. The number of rotatable bonds is 8. The van der Waals surface area contributed by atoms with Gasteiger partial charge in [0.1, 0.15) is 5.75 Å². The first-order valence-electron chi connectivity index (χ1n) is 9.24. The highest BCUT2D eigenvalue weighted by Crippen LogP contribution is 2.18. The van der Waals surface area contributed by atoms with Gasteiger partial charge >= 0.3 is 0 Å². The number of amides is 2. The molecule has 0 atom stereocenters. The van der Waals surface area contributed by atoms with E-state index in [4.69, 9.17) is 4.74 Å². The molecule has 0 bridgehead atoms. The fourth-order valence-corrected chi connectivity index (χ4v) is 2.72. The van der Waals surface area contributed by atoms with E-state index in [-0.39, 0.29) is 25.0 Å². The van der Waals surface area contributed by atoms with Gasteiger partial charge in [-0.15, -0.1) is 0 Å². The van der Waals surface area contributed by atoms with Crippen LogP contribution in [-0.2, 0) is 9.59 Å². The van der Waals surface area contributed by atoms with Crippen molar-refractivity contribution in [3.05, 3.63) is 84.9 Å². The third kappa shape index (κ3) is 6.39. The minimum Gasteiger partial charge on any atom is -0.484 e. The zero-order valence-electron chi connectivity index (χ0n) is 16.2. The molecule has 2 N–H and O–H groups in total. The molecule has 2 amide bonds. The molecule has 3 aromatic rings. The molecule has 3 rings (SSSR count). The number of hydrogen-bond acceptors (Lipinski definition) is 4. The molecular weight excluding hydrogens is 366 g/mol. The monoisotopic (exact) mass is 389 g/mol. The molecule has 0 aliphatic rings. The first-order chi connectivity index (χ1) is 14.1. The number of carbonyl (C=O) groups excluding carboxylic acids is 2. The summed E-state index contributed by atoms with van der Waals surface area (Å²) in [5.74, 6) is 0.105. The summed E-state index contributed by atoms with van der Waals surface area (Å²) in [6.45, 7) is 0.0949. The van der Waals surface area contributed by atoms with Crippen LogP contribution in [0.3, 0.4) is 0 Å². The van der Waals surface area contributed by atoms with Crippen molar-refractivity contribution in [2.45, 2.75) is 0 Å². The quantitative estimate of drug-likeness (QED) is 0.615. The number of para-hydroxylation sites is 2. The van der Waals surface area contributed by atoms with Gasteiger partial charge in [-0.2, -0.15) is 0 Å². The van der Waals surface area contributed by atoms with Crippen molar-refractivity contribution in [1.82, 2.24) is 0 Å². The van der Waals surface area contributed by atoms with Gasteiger partial charge in [-0.25, -0.2) is 0 Å². The fourth-order valence-electron chi connectivity index (χ4n) is 2.72. The van der Waals surface area contributed by atoms with Crippen LogP contribution in [-0.4, -0.2) is 32.0 Å². The van der Waals surface area contributed by atoms with E-state index in [2.05, 4.69) is 10.6 Å². The van der Waals surface area contributed by atoms with Crippen LogP contribution in [0.2, 0.25) is 0 Å². The van der Waals surface area contributed by atoms with Gasteiger partial charge in [0, 0.05) is 30.2 Å². The minimum absolute atomic E-state index is 0.122. The van der Waals surface area contributed by atoms with E-state index in [1.165, 1.54) is 0 Å². The lowest BCUT2D eigenvalue weighted by Crippen LogP contribution is -2.30. The van der Waals surface area contributed by atoms with Crippen molar-refractivity contribution in [3.8, 4) is 5.75 Å². The van der Waals surface area contributed by atoms with Gasteiger partial charge < -0.3 is 20.3 Å². The molecule has 0 saturated heterocycles. The number of anilines is 3. The predicted octanol–water partition coefficient (Wildman–Crippen LogP) is 3.78. The Morgan fingerprint density at radius 1 is 0.793 bits per heavy atom. The van der Waals surface area contributed by atoms with E-state index in [9.17, 15) is 9.59 Å². The third-order valence-electron chi connectivity index (χ3n) is 4.12. The molecule has 0 aromatic heterocycles. The second-order valence-corrected chi connectivity index (χ2v) is 6.47. The lowest BCUT2D eigenvalue weighted by molar-refractivity contribution is -0.118. The molecule has 0 fully saturated rings. The minimum atomic E-state index is -0.255. The van der Waals surface area contributed by atoms with Crippen LogP contribution in [0.1, 0.15) is 0 Å². The molecule has 148 valence electrons. The van der Waals surface area contributed by atoms with E-state index in [1.54, 1.807) is 36.4 Å². The molecule has 0 radical (unpaired) electrons.